The fourth-order valence-electron chi connectivity index (χ4n) is 3.77. The van der Waals surface area contributed by atoms with Crippen LogP contribution in [0.3, 0.4) is 0 Å². The van der Waals surface area contributed by atoms with E-state index in [0.717, 1.165) is 19.3 Å². The van der Waals surface area contributed by atoms with E-state index in [1.807, 2.05) is 6.07 Å². The van der Waals surface area contributed by atoms with Crippen molar-refractivity contribution in [3.63, 3.8) is 0 Å². The number of benzene rings is 1. The van der Waals surface area contributed by atoms with Crippen LogP contribution in [0.5, 0.6) is 5.75 Å². The summed E-state index contributed by atoms with van der Waals surface area (Å²) in [4.78, 5) is 0. The van der Waals surface area contributed by atoms with Crippen LogP contribution in [-0.2, 0) is 9.84 Å². The third-order valence-electron chi connectivity index (χ3n) is 5.19. The van der Waals surface area contributed by atoms with Crippen molar-refractivity contribution in [2.24, 2.45) is 0 Å². The fourth-order valence-corrected chi connectivity index (χ4v) is 6.40. The fraction of sp³-hybridized carbons (Fsp3) is 0.611. The predicted molar refractivity (Wildman–Crippen MR) is 90.4 cm³/mol. The number of rotatable bonds is 2. The minimum atomic E-state index is -3.58. The highest BCUT2D eigenvalue weighted by Gasteiger charge is 2.51. The Hall–Kier alpha value is -1.58. The van der Waals surface area contributed by atoms with E-state index in [1.165, 1.54) is 0 Å². The molecule has 0 bridgehead atoms. The van der Waals surface area contributed by atoms with E-state index in [-0.39, 0.29) is 0 Å². The maximum absolute atomic E-state index is 13.3. The average molecular weight is 349 g/mol. The first-order valence-electron chi connectivity index (χ1n) is 8.41. The van der Waals surface area contributed by atoms with Crippen molar-refractivity contribution in [3.8, 4) is 11.8 Å². The lowest BCUT2D eigenvalue weighted by atomic mass is 9.90. The Bertz CT molecular complexity index is 773. The Morgan fingerprint density at radius 1 is 1.25 bits per heavy atom. The number of nitrogens with zero attached hydrogens (tertiary/aromatic N) is 1. The van der Waals surface area contributed by atoms with Crippen LogP contribution in [0.4, 0.5) is 0 Å². The molecule has 1 aromatic rings. The van der Waals surface area contributed by atoms with E-state index in [4.69, 9.17) is 10.00 Å². The first-order chi connectivity index (χ1) is 11.3. The second-order valence-electron chi connectivity index (χ2n) is 7.28. The van der Waals surface area contributed by atoms with Gasteiger partial charge in [0.05, 0.1) is 16.9 Å². The predicted octanol–water partition coefficient (Wildman–Crippen LogP) is 2.88. The molecule has 1 heterocycles. The average Bonchev–Trinajstić information content (AvgIpc) is 2.56. The smallest absolute Gasteiger partial charge is 0.163 e. The molecule has 2 atom stereocenters. The molecular weight excluding hydrogens is 326 g/mol. The van der Waals surface area contributed by atoms with Crippen LogP contribution in [-0.4, -0.2) is 30.5 Å². The van der Waals surface area contributed by atoms with Gasteiger partial charge in [0.15, 0.2) is 9.84 Å². The van der Waals surface area contributed by atoms with Gasteiger partial charge in [-0.05, 0) is 44.9 Å². The molecule has 1 fully saturated rings. The SMILES string of the molecule is CC1(C)Oc2ccc(C#N)cc2C(S(=O)(=O)C2CCCCC2)C1O. The number of hydrogen-bond donors (Lipinski definition) is 1. The van der Waals surface area contributed by atoms with Gasteiger partial charge in [-0.2, -0.15) is 5.26 Å². The zero-order chi connectivity index (χ0) is 17.5. The number of ether oxygens (including phenoxy) is 1. The van der Waals surface area contributed by atoms with Crippen LogP contribution in [0.2, 0.25) is 0 Å². The number of fused-ring (bicyclic) bond motifs is 1. The quantitative estimate of drug-likeness (QED) is 0.887. The number of aliphatic hydroxyl groups is 1. The van der Waals surface area contributed by atoms with Crippen LogP contribution in [0.1, 0.15) is 62.3 Å². The van der Waals surface area contributed by atoms with E-state index in [1.54, 1.807) is 32.0 Å². The van der Waals surface area contributed by atoms with Crippen molar-refractivity contribution in [1.82, 2.24) is 0 Å². The van der Waals surface area contributed by atoms with E-state index >= 15 is 0 Å². The van der Waals surface area contributed by atoms with Gasteiger partial charge in [0.2, 0.25) is 0 Å². The molecule has 1 aliphatic carbocycles. The zero-order valence-corrected chi connectivity index (χ0v) is 14.8. The van der Waals surface area contributed by atoms with E-state index in [2.05, 4.69) is 0 Å². The number of sulfone groups is 1. The van der Waals surface area contributed by atoms with Gasteiger partial charge in [0.1, 0.15) is 22.7 Å². The number of nitriles is 1. The third-order valence-corrected chi connectivity index (χ3v) is 7.81. The molecule has 2 unspecified atom stereocenters. The molecule has 5 nitrogen and oxygen atoms in total. The standard InChI is InChI=1S/C18H23NO4S/c1-18(2)17(20)16(24(21,22)13-6-4-3-5-7-13)14-10-12(11-19)8-9-15(14)23-18/h8-10,13,16-17,20H,3-7H2,1-2H3. The van der Waals surface area contributed by atoms with E-state index in [0.29, 0.717) is 29.7 Å². The summed E-state index contributed by atoms with van der Waals surface area (Å²) < 4.78 is 32.4. The molecular formula is C18H23NO4S. The lowest BCUT2D eigenvalue weighted by Crippen LogP contribution is -2.52. The molecule has 0 spiro atoms. The third kappa shape index (κ3) is 2.80. The Labute approximate surface area is 143 Å². The Morgan fingerprint density at radius 3 is 2.54 bits per heavy atom. The molecule has 0 saturated heterocycles. The van der Waals surface area contributed by atoms with Crippen molar-refractivity contribution in [2.75, 3.05) is 0 Å². The maximum Gasteiger partial charge on any atom is 0.163 e. The highest BCUT2D eigenvalue weighted by molar-refractivity contribution is 7.92. The zero-order valence-electron chi connectivity index (χ0n) is 14.0. The summed E-state index contributed by atoms with van der Waals surface area (Å²) in [6, 6.07) is 6.81. The molecule has 0 aromatic heterocycles. The molecule has 0 radical (unpaired) electrons. The van der Waals surface area contributed by atoms with Crippen molar-refractivity contribution < 1.29 is 18.3 Å². The monoisotopic (exact) mass is 349 g/mol. The van der Waals surface area contributed by atoms with Gasteiger partial charge in [0, 0.05) is 5.56 Å². The molecule has 1 aromatic carbocycles. The van der Waals surface area contributed by atoms with Crippen LogP contribution in [0.15, 0.2) is 18.2 Å². The Balaban J connectivity index is 2.13. The van der Waals surface area contributed by atoms with Crippen LogP contribution < -0.4 is 4.74 Å². The van der Waals surface area contributed by atoms with Gasteiger partial charge in [-0.15, -0.1) is 0 Å². The molecule has 6 heteroatoms. The Morgan fingerprint density at radius 2 is 1.92 bits per heavy atom. The lowest BCUT2D eigenvalue weighted by Gasteiger charge is -2.43. The summed E-state index contributed by atoms with van der Waals surface area (Å²) >= 11 is 0. The van der Waals surface area contributed by atoms with Gasteiger partial charge in [-0.25, -0.2) is 8.42 Å². The largest absolute Gasteiger partial charge is 0.485 e. The topological polar surface area (TPSA) is 87.4 Å². The van der Waals surface area contributed by atoms with Gasteiger partial charge < -0.3 is 9.84 Å². The van der Waals surface area contributed by atoms with Crippen LogP contribution in [0.25, 0.3) is 0 Å². The summed E-state index contributed by atoms with van der Waals surface area (Å²) in [6.45, 7) is 3.39. The summed E-state index contributed by atoms with van der Waals surface area (Å²) in [5.74, 6) is 0.439. The van der Waals surface area contributed by atoms with Gasteiger partial charge in [0.25, 0.3) is 0 Å². The normalized spacial score (nSPS) is 26.9. The van der Waals surface area contributed by atoms with Gasteiger partial charge in [-0.1, -0.05) is 19.3 Å². The molecule has 24 heavy (non-hydrogen) atoms. The molecule has 2 aliphatic rings. The van der Waals surface area contributed by atoms with Crippen LogP contribution in [0, 0.1) is 11.3 Å². The van der Waals surface area contributed by atoms with E-state index < -0.39 is 32.0 Å². The first-order valence-corrected chi connectivity index (χ1v) is 10.0. The first kappa shape index (κ1) is 17.2. The number of aliphatic hydroxyl groups excluding tert-OH is 1. The summed E-state index contributed by atoms with van der Waals surface area (Å²) in [5.41, 5.74) is -0.229. The van der Waals surface area contributed by atoms with Crippen LogP contribution >= 0.6 is 0 Å². The summed E-state index contributed by atoms with van der Waals surface area (Å²) in [7, 11) is -3.58. The highest BCUT2D eigenvalue weighted by atomic mass is 32.2. The molecule has 130 valence electrons. The molecule has 0 amide bonds. The minimum Gasteiger partial charge on any atom is -0.485 e. The van der Waals surface area contributed by atoms with Gasteiger partial charge in [-0.3, -0.25) is 0 Å². The van der Waals surface area contributed by atoms with Gasteiger partial charge >= 0.3 is 0 Å². The van der Waals surface area contributed by atoms with Crippen molar-refractivity contribution >= 4 is 9.84 Å². The second kappa shape index (κ2) is 6.05. The lowest BCUT2D eigenvalue weighted by molar-refractivity contribution is -0.0446. The van der Waals surface area contributed by atoms with Crippen molar-refractivity contribution in [3.05, 3.63) is 29.3 Å². The van der Waals surface area contributed by atoms with Crippen molar-refractivity contribution in [1.29, 1.82) is 5.26 Å². The van der Waals surface area contributed by atoms with Crippen molar-refractivity contribution in [2.45, 2.75) is 68.2 Å². The maximum atomic E-state index is 13.3. The molecule has 1 aliphatic heterocycles. The van der Waals surface area contributed by atoms with E-state index in [9.17, 15) is 13.5 Å². The molecule has 3 rings (SSSR count). The Kier molecular flexibility index (Phi) is 4.35. The number of hydrogen-bond acceptors (Lipinski definition) is 5. The summed E-state index contributed by atoms with van der Waals surface area (Å²) in [6.07, 6.45) is 2.96. The second-order valence-corrected chi connectivity index (χ2v) is 9.64. The summed E-state index contributed by atoms with van der Waals surface area (Å²) in [5, 5.41) is 18.4. The molecule has 1 N–H and O–H groups in total. The minimum absolute atomic E-state index is 0.369. The highest BCUT2D eigenvalue weighted by Crippen LogP contribution is 2.46. The molecule has 1 saturated carbocycles.